The summed E-state index contributed by atoms with van der Waals surface area (Å²) < 4.78 is 5.76. The molecule has 32 heavy (non-hydrogen) atoms. The van der Waals surface area contributed by atoms with E-state index < -0.39 is 0 Å². The Labute approximate surface area is 191 Å². The van der Waals surface area contributed by atoms with E-state index in [0.29, 0.717) is 0 Å². The number of benzene rings is 2. The van der Waals surface area contributed by atoms with Crippen LogP contribution in [-0.4, -0.2) is 49.6 Å². The van der Waals surface area contributed by atoms with Gasteiger partial charge in [-0.05, 0) is 56.0 Å². The third-order valence-electron chi connectivity index (χ3n) is 6.53. The predicted octanol–water partition coefficient (Wildman–Crippen LogP) is 3.74. The van der Waals surface area contributed by atoms with Crippen LogP contribution in [0.15, 0.2) is 42.5 Å². The molecule has 2 aromatic rings. The monoisotopic (exact) mass is 436 g/mol. The molecular formula is C26H36N4O2. The topological polar surface area (TPSA) is 56.8 Å². The zero-order chi connectivity index (χ0) is 22.5. The van der Waals surface area contributed by atoms with Gasteiger partial charge in [0, 0.05) is 37.9 Å². The zero-order valence-electron chi connectivity index (χ0n) is 19.6. The van der Waals surface area contributed by atoms with Crippen molar-refractivity contribution in [3.05, 3.63) is 59.2 Å². The number of carbonyl (C=O) groups is 1. The molecule has 172 valence electrons. The average Bonchev–Trinajstić information content (AvgIpc) is 3.30. The van der Waals surface area contributed by atoms with Crippen LogP contribution in [0.3, 0.4) is 0 Å². The Morgan fingerprint density at radius 2 is 1.78 bits per heavy atom. The number of hydrogen-bond donors (Lipinski definition) is 2. The lowest BCUT2D eigenvalue weighted by Crippen LogP contribution is -2.53. The molecule has 2 atom stereocenters. The number of amides is 1. The number of rotatable bonds is 7. The highest BCUT2D eigenvalue weighted by atomic mass is 16.5. The number of carbonyl (C=O) groups excluding carboxylic acids is 1. The molecule has 2 aromatic carbocycles. The number of anilines is 1. The second-order valence-electron chi connectivity index (χ2n) is 9.00. The minimum absolute atomic E-state index is 0.130. The van der Waals surface area contributed by atoms with Crippen LogP contribution in [0.1, 0.15) is 48.9 Å². The Hall–Kier alpha value is -2.57. The van der Waals surface area contributed by atoms with Crippen molar-refractivity contribution in [3.63, 3.8) is 0 Å². The van der Waals surface area contributed by atoms with E-state index >= 15 is 0 Å². The maximum atomic E-state index is 13.1. The average molecular weight is 437 g/mol. The van der Waals surface area contributed by atoms with Crippen LogP contribution in [0, 0.1) is 13.8 Å². The number of ether oxygens (including phenoxy) is 1. The van der Waals surface area contributed by atoms with Gasteiger partial charge in [0.25, 0.3) is 0 Å². The van der Waals surface area contributed by atoms with Crippen LogP contribution in [0.4, 0.5) is 5.69 Å². The van der Waals surface area contributed by atoms with Crippen molar-refractivity contribution in [2.24, 2.45) is 0 Å². The van der Waals surface area contributed by atoms with Crippen LogP contribution in [-0.2, 0) is 4.79 Å². The van der Waals surface area contributed by atoms with Gasteiger partial charge in [0.2, 0.25) is 5.91 Å². The lowest BCUT2D eigenvalue weighted by atomic mass is 10.0. The van der Waals surface area contributed by atoms with Crippen molar-refractivity contribution in [2.75, 3.05) is 37.7 Å². The van der Waals surface area contributed by atoms with Crippen LogP contribution in [0.2, 0.25) is 0 Å². The second kappa shape index (κ2) is 10.4. The van der Waals surface area contributed by atoms with Gasteiger partial charge in [-0.25, -0.2) is 10.9 Å². The molecule has 2 aliphatic heterocycles. The van der Waals surface area contributed by atoms with Gasteiger partial charge in [-0.15, -0.1) is 0 Å². The van der Waals surface area contributed by atoms with Crippen LogP contribution in [0.5, 0.6) is 5.75 Å². The third-order valence-corrected chi connectivity index (χ3v) is 6.53. The first-order valence-electron chi connectivity index (χ1n) is 11.9. The summed E-state index contributed by atoms with van der Waals surface area (Å²) in [5.74, 6) is 1.10. The van der Waals surface area contributed by atoms with Crippen LogP contribution in [0.25, 0.3) is 0 Å². The van der Waals surface area contributed by atoms with Crippen molar-refractivity contribution in [1.82, 2.24) is 15.8 Å². The molecule has 2 N–H and O–H groups in total. The van der Waals surface area contributed by atoms with Gasteiger partial charge in [0.1, 0.15) is 11.8 Å². The number of aryl methyl sites for hydroxylation is 2. The number of nitrogens with one attached hydrogen (secondary N) is 2. The molecule has 0 bridgehead atoms. The first-order valence-corrected chi connectivity index (χ1v) is 11.9. The van der Waals surface area contributed by atoms with Gasteiger partial charge in [-0.1, -0.05) is 43.2 Å². The lowest BCUT2D eigenvalue weighted by Gasteiger charge is -2.37. The molecule has 0 saturated carbocycles. The fourth-order valence-electron chi connectivity index (χ4n) is 4.62. The molecule has 6 heteroatoms. The molecule has 0 aromatic heterocycles. The van der Waals surface area contributed by atoms with Crippen molar-refractivity contribution in [2.45, 2.75) is 52.1 Å². The molecule has 0 spiro atoms. The summed E-state index contributed by atoms with van der Waals surface area (Å²) in [6.45, 7) is 10.5. The van der Waals surface area contributed by atoms with Crippen molar-refractivity contribution < 1.29 is 9.53 Å². The highest BCUT2D eigenvalue weighted by Gasteiger charge is 2.34. The Balaban J connectivity index is 1.28. The molecule has 2 heterocycles. The van der Waals surface area contributed by atoms with E-state index in [4.69, 9.17) is 4.74 Å². The van der Waals surface area contributed by atoms with Gasteiger partial charge in [0.05, 0.1) is 6.61 Å². The normalized spacial score (nSPS) is 21.1. The smallest absolute Gasteiger partial charge is 0.241 e. The van der Waals surface area contributed by atoms with E-state index in [1.165, 1.54) is 22.4 Å². The van der Waals surface area contributed by atoms with E-state index in [-0.39, 0.29) is 18.0 Å². The predicted molar refractivity (Wildman–Crippen MR) is 129 cm³/mol. The van der Waals surface area contributed by atoms with E-state index in [0.717, 1.165) is 57.8 Å². The quantitative estimate of drug-likeness (QED) is 0.648. The van der Waals surface area contributed by atoms with Crippen molar-refractivity contribution in [3.8, 4) is 5.75 Å². The maximum absolute atomic E-state index is 13.1. The molecule has 2 unspecified atom stereocenters. The van der Waals surface area contributed by atoms with Crippen LogP contribution < -0.4 is 20.5 Å². The Bertz CT molecular complexity index is 907. The molecular weight excluding hydrogens is 400 g/mol. The maximum Gasteiger partial charge on any atom is 0.241 e. The summed E-state index contributed by atoms with van der Waals surface area (Å²) in [6.07, 6.45) is 2.95. The standard InChI is InChI=1S/C26H36N4O2/c1-4-5-16-32-22-9-7-21(8-10-22)23-18-24(28-27-23)26(31)30-14-12-29(13-15-30)25-11-6-19(2)17-20(25)3/h6-11,17,23-24,27-28H,4-5,12-16,18H2,1-3H3. The van der Waals surface area contributed by atoms with Crippen molar-refractivity contribution in [1.29, 1.82) is 0 Å². The molecule has 4 rings (SSSR count). The summed E-state index contributed by atoms with van der Waals surface area (Å²) in [7, 11) is 0. The SMILES string of the molecule is CCCCOc1ccc(C2CC(C(=O)N3CCN(c4ccc(C)cc4C)CC3)NN2)cc1. The number of nitrogens with zero attached hydrogens (tertiary/aromatic N) is 2. The fraction of sp³-hybridized carbons (Fsp3) is 0.500. The summed E-state index contributed by atoms with van der Waals surface area (Å²) in [6, 6.07) is 14.8. The summed E-state index contributed by atoms with van der Waals surface area (Å²) in [5, 5.41) is 0. The van der Waals surface area contributed by atoms with Gasteiger partial charge in [0.15, 0.2) is 0 Å². The minimum Gasteiger partial charge on any atom is -0.494 e. The van der Waals surface area contributed by atoms with E-state index in [1.54, 1.807) is 0 Å². The fourth-order valence-corrected chi connectivity index (χ4v) is 4.62. The summed E-state index contributed by atoms with van der Waals surface area (Å²) >= 11 is 0. The highest BCUT2D eigenvalue weighted by Crippen LogP contribution is 2.26. The molecule has 2 aliphatic rings. The Kier molecular flexibility index (Phi) is 7.33. The highest BCUT2D eigenvalue weighted by molar-refractivity contribution is 5.82. The number of unbranched alkanes of at least 4 members (excludes halogenated alkanes) is 1. The Morgan fingerprint density at radius 3 is 2.47 bits per heavy atom. The number of hydrazine groups is 1. The van der Waals surface area contributed by atoms with Gasteiger partial charge >= 0.3 is 0 Å². The van der Waals surface area contributed by atoms with Gasteiger partial charge in [-0.3, -0.25) is 4.79 Å². The molecule has 2 fully saturated rings. The molecule has 0 aliphatic carbocycles. The molecule has 1 amide bonds. The van der Waals surface area contributed by atoms with Crippen LogP contribution >= 0.6 is 0 Å². The molecule has 0 radical (unpaired) electrons. The first-order chi connectivity index (χ1) is 15.5. The Morgan fingerprint density at radius 1 is 1.03 bits per heavy atom. The number of piperazine rings is 1. The van der Waals surface area contributed by atoms with Gasteiger partial charge in [-0.2, -0.15) is 0 Å². The van der Waals surface area contributed by atoms with Gasteiger partial charge < -0.3 is 14.5 Å². The summed E-state index contributed by atoms with van der Waals surface area (Å²) in [5.41, 5.74) is 11.6. The largest absolute Gasteiger partial charge is 0.494 e. The molecule has 6 nitrogen and oxygen atoms in total. The first kappa shape index (κ1) is 22.6. The summed E-state index contributed by atoms with van der Waals surface area (Å²) in [4.78, 5) is 17.5. The van der Waals surface area contributed by atoms with E-state index in [2.05, 4.69) is 66.9 Å². The minimum atomic E-state index is -0.187. The van der Waals surface area contributed by atoms with Crippen molar-refractivity contribution >= 4 is 11.6 Å². The number of hydrogen-bond acceptors (Lipinski definition) is 5. The second-order valence-corrected chi connectivity index (χ2v) is 9.00. The zero-order valence-corrected chi connectivity index (χ0v) is 19.6. The molecule has 2 saturated heterocycles. The third kappa shape index (κ3) is 5.25. The lowest BCUT2D eigenvalue weighted by molar-refractivity contribution is -0.133. The van der Waals surface area contributed by atoms with E-state index in [1.807, 2.05) is 17.0 Å². The van der Waals surface area contributed by atoms with E-state index in [9.17, 15) is 4.79 Å².